The van der Waals surface area contributed by atoms with Gasteiger partial charge in [-0.2, -0.15) is 0 Å². The smallest absolute Gasteiger partial charge is 0.00657 e. The Bertz CT molecular complexity index is 152. The molecule has 0 saturated heterocycles. The first kappa shape index (κ1) is 9.57. The molecule has 0 N–H and O–H groups in total. The minimum atomic E-state index is 1.29. The third kappa shape index (κ3) is 4.45. The summed E-state index contributed by atoms with van der Waals surface area (Å²) in [5.74, 6) is 0. The van der Waals surface area contributed by atoms with E-state index in [1.165, 1.54) is 4.91 Å². The fraction of sp³-hybridized carbons (Fsp3) is 0.333. The van der Waals surface area contributed by atoms with Crippen LogP contribution in [0.25, 0.3) is 0 Å². The van der Waals surface area contributed by atoms with Crippen molar-refractivity contribution < 1.29 is 0 Å². The largest absolute Gasteiger partial charge is 0.130 e. The van der Waals surface area contributed by atoms with Crippen molar-refractivity contribution in [3.63, 3.8) is 0 Å². The van der Waals surface area contributed by atoms with Crippen molar-refractivity contribution in [1.29, 1.82) is 0 Å². The van der Waals surface area contributed by atoms with Gasteiger partial charge in [0.05, 0.1) is 0 Å². The summed E-state index contributed by atoms with van der Waals surface area (Å²) >= 11 is 1.76. The van der Waals surface area contributed by atoms with Gasteiger partial charge in [0.15, 0.2) is 0 Å². The highest BCUT2D eigenvalue weighted by molar-refractivity contribution is 8.02. The zero-order valence-corrected chi connectivity index (χ0v) is 7.61. The molecule has 0 fully saturated rings. The molecule has 0 rings (SSSR count). The van der Waals surface area contributed by atoms with Crippen LogP contribution in [0.2, 0.25) is 0 Å². The average Bonchev–Trinajstić information content (AvgIpc) is 1.98. The molecule has 56 valence electrons. The molecule has 0 aliphatic rings. The maximum Gasteiger partial charge on any atom is 0.00657 e. The molecule has 0 aliphatic heterocycles. The number of hydrogen-bond donors (Lipinski definition) is 0. The van der Waals surface area contributed by atoms with Crippen molar-refractivity contribution in [3.05, 3.63) is 35.3 Å². The lowest BCUT2D eigenvalue weighted by atomic mass is 10.4. The lowest BCUT2D eigenvalue weighted by Crippen LogP contribution is -1.64. The van der Waals surface area contributed by atoms with Crippen LogP contribution in [0, 0.1) is 0 Å². The summed E-state index contributed by atoms with van der Waals surface area (Å²) < 4.78 is 0. The minimum absolute atomic E-state index is 1.29. The molecule has 1 heteroatoms. The van der Waals surface area contributed by atoms with Crippen molar-refractivity contribution >= 4 is 11.8 Å². The van der Waals surface area contributed by atoms with Crippen LogP contribution in [-0.2, 0) is 0 Å². The van der Waals surface area contributed by atoms with Gasteiger partial charge in [-0.25, -0.2) is 0 Å². The van der Waals surface area contributed by atoms with E-state index in [1.807, 2.05) is 32.1 Å². The van der Waals surface area contributed by atoms with Gasteiger partial charge >= 0.3 is 0 Å². The van der Waals surface area contributed by atoms with Crippen LogP contribution in [0.4, 0.5) is 0 Å². The molecule has 0 bridgehead atoms. The summed E-state index contributed by atoms with van der Waals surface area (Å²) in [5, 5.41) is 0. The average molecular weight is 154 g/mol. The van der Waals surface area contributed by atoms with Crippen LogP contribution in [0.1, 0.15) is 13.8 Å². The molecule has 0 nitrogen and oxygen atoms in total. The van der Waals surface area contributed by atoms with Gasteiger partial charge < -0.3 is 0 Å². The van der Waals surface area contributed by atoms with Gasteiger partial charge in [0.2, 0.25) is 0 Å². The van der Waals surface area contributed by atoms with E-state index in [-0.39, 0.29) is 0 Å². The molecule has 0 saturated carbocycles. The first-order chi connectivity index (χ1) is 4.85. The van der Waals surface area contributed by atoms with Gasteiger partial charge in [0.1, 0.15) is 0 Å². The Balaban J connectivity index is 4.04. The van der Waals surface area contributed by atoms with E-state index in [4.69, 9.17) is 0 Å². The Kier molecular flexibility index (Phi) is 6.40. The van der Waals surface area contributed by atoms with Crippen molar-refractivity contribution in [2.75, 3.05) is 6.26 Å². The Morgan fingerprint density at radius 2 is 1.90 bits per heavy atom. The van der Waals surface area contributed by atoms with E-state index in [9.17, 15) is 0 Å². The monoisotopic (exact) mass is 154 g/mol. The van der Waals surface area contributed by atoms with Crippen molar-refractivity contribution in [3.8, 4) is 0 Å². The van der Waals surface area contributed by atoms with E-state index < -0.39 is 0 Å². The first-order valence-electron chi connectivity index (χ1n) is 3.34. The third-order valence-corrected chi connectivity index (χ3v) is 1.76. The lowest BCUT2D eigenvalue weighted by molar-refractivity contribution is 1.69. The normalized spacial score (nSPS) is 13.7. The summed E-state index contributed by atoms with van der Waals surface area (Å²) in [6.45, 7) is 4.05. The maximum absolute atomic E-state index is 2.10. The van der Waals surface area contributed by atoms with Crippen LogP contribution in [0.5, 0.6) is 0 Å². The standard InChI is InChI=1S/C9H14S/c1-4-6-8-9(10-3)7-5-2/h4-8H,1-3H3/b6-4-,7-5-,9-8+. The second-order valence-corrected chi connectivity index (χ2v) is 2.68. The summed E-state index contributed by atoms with van der Waals surface area (Å²) in [6.07, 6.45) is 12.4. The predicted molar refractivity (Wildman–Crippen MR) is 51.2 cm³/mol. The second kappa shape index (κ2) is 6.69. The predicted octanol–water partition coefficient (Wildman–Crippen LogP) is 3.39. The van der Waals surface area contributed by atoms with Gasteiger partial charge in [-0.3, -0.25) is 0 Å². The van der Waals surface area contributed by atoms with Crippen LogP contribution in [0.15, 0.2) is 35.3 Å². The van der Waals surface area contributed by atoms with Crippen molar-refractivity contribution in [2.45, 2.75) is 13.8 Å². The number of rotatable bonds is 3. The van der Waals surface area contributed by atoms with Gasteiger partial charge in [-0.1, -0.05) is 24.3 Å². The third-order valence-electron chi connectivity index (χ3n) is 1.02. The zero-order chi connectivity index (χ0) is 7.82. The van der Waals surface area contributed by atoms with Gasteiger partial charge in [0.25, 0.3) is 0 Å². The molecule has 0 heterocycles. The fourth-order valence-electron chi connectivity index (χ4n) is 0.547. The number of allylic oxidation sites excluding steroid dienone is 5. The lowest BCUT2D eigenvalue weighted by Gasteiger charge is -1.91. The summed E-state index contributed by atoms with van der Waals surface area (Å²) in [7, 11) is 0. The molecule has 0 atom stereocenters. The highest BCUT2D eigenvalue weighted by Crippen LogP contribution is 2.12. The number of thioether (sulfide) groups is 1. The molecule has 0 aliphatic carbocycles. The second-order valence-electron chi connectivity index (χ2n) is 1.80. The first-order valence-corrected chi connectivity index (χ1v) is 4.57. The Labute approximate surface area is 67.7 Å². The van der Waals surface area contributed by atoms with Crippen LogP contribution >= 0.6 is 11.8 Å². The van der Waals surface area contributed by atoms with Crippen LogP contribution in [-0.4, -0.2) is 6.26 Å². The van der Waals surface area contributed by atoms with E-state index >= 15 is 0 Å². The van der Waals surface area contributed by atoms with Gasteiger partial charge in [0, 0.05) is 4.91 Å². The molecular weight excluding hydrogens is 140 g/mol. The molecule has 0 aromatic heterocycles. The molecule has 0 radical (unpaired) electrons. The van der Waals surface area contributed by atoms with E-state index in [2.05, 4.69) is 18.4 Å². The Morgan fingerprint density at radius 3 is 2.30 bits per heavy atom. The van der Waals surface area contributed by atoms with E-state index in [1.54, 1.807) is 11.8 Å². The Morgan fingerprint density at radius 1 is 1.20 bits per heavy atom. The summed E-state index contributed by atoms with van der Waals surface area (Å²) in [6, 6.07) is 0. The van der Waals surface area contributed by atoms with Crippen molar-refractivity contribution in [1.82, 2.24) is 0 Å². The minimum Gasteiger partial charge on any atom is -0.130 e. The van der Waals surface area contributed by atoms with Gasteiger partial charge in [-0.15, -0.1) is 11.8 Å². The van der Waals surface area contributed by atoms with Crippen molar-refractivity contribution in [2.24, 2.45) is 0 Å². The van der Waals surface area contributed by atoms with E-state index in [0.717, 1.165) is 0 Å². The molecular formula is C9H14S. The highest BCUT2D eigenvalue weighted by Gasteiger charge is 1.82. The molecule has 0 unspecified atom stereocenters. The SMILES string of the molecule is C\C=C/C=C(\C=C/C)SC. The topological polar surface area (TPSA) is 0 Å². The molecule has 0 aromatic carbocycles. The zero-order valence-electron chi connectivity index (χ0n) is 6.79. The van der Waals surface area contributed by atoms with E-state index in [0.29, 0.717) is 0 Å². The van der Waals surface area contributed by atoms with Gasteiger partial charge in [-0.05, 0) is 26.2 Å². The molecule has 0 aromatic rings. The Hall–Kier alpha value is -0.430. The summed E-state index contributed by atoms with van der Waals surface area (Å²) in [5.41, 5.74) is 0. The fourth-order valence-corrected chi connectivity index (χ4v) is 1.03. The number of hydrogen-bond acceptors (Lipinski definition) is 1. The molecule has 0 amide bonds. The molecule has 0 spiro atoms. The quantitative estimate of drug-likeness (QED) is 0.561. The van der Waals surface area contributed by atoms with Crippen LogP contribution in [0.3, 0.4) is 0 Å². The highest BCUT2D eigenvalue weighted by atomic mass is 32.2. The molecule has 10 heavy (non-hydrogen) atoms. The summed E-state index contributed by atoms with van der Waals surface area (Å²) in [4.78, 5) is 1.29. The van der Waals surface area contributed by atoms with Crippen LogP contribution < -0.4 is 0 Å². The maximum atomic E-state index is 2.10.